The van der Waals surface area contributed by atoms with Gasteiger partial charge < -0.3 is 5.11 Å². The second-order valence-electron chi connectivity index (χ2n) is 3.59. The van der Waals surface area contributed by atoms with Crippen LogP contribution in [0, 0.1) is 0 Å². The minimum atomic E-state index is -1.03. The van der Waals surface area contributed by atoms with E-state index in [1.54, 1.807) is 0 Å². The van der Waals surface area contributed by atoms with Crippen molar-refractivity contribution in [2.24, 2.45) is 0 Å². The molecule has 6 nitrogen and oxygen atoms in total. The maximum absolute atomic E-state index is 11.1. The van der Waals surface area contributed by atoms with E-state index in [4.69, 9.17) is 5.11 Å². The van der Waals surface area contributed by atoms with Crippen molar-refractivity contribution in [3.05, 3.63) is 52.5 Å². The molecule has 0 saturated carbocycles. The van der Waals surface area contributed by atoms with Gasteiger partial charge in [0.25, 0.3) is 12.2 Å². The molecule has 0 spiro atoms. The summed E-state index contributed by atoms with van der Waals surface area (Å²) >= 11 is 0. The number of carboxylic acids is 1. The first-order valence-electron chi connectivity index (χ1n) is 5.03. The molecule has 0 fully saturated rings. The first-order chi connectivity index (χ1) is 8.16. The van der Waals surface area contributed by atoms with Crippen LogP contribution in [0.3, 0.4) is 0 Å². The van der Waals surface area contributed by atoms with Gasteiger partial charge in [0.2, 0.25) is 0 Å². The van der Waals surface area contributed by atoms with Gasteiger partial charge in [-0.15, -0.1) is 0 Å². The number of nitrogens with zero attached hydrogens (tertiary/aromatic N) is 1. The molecule has 1 aromatic heterocycles. The Balaban J connectivity index is 2.25. The molecule has 0 saturated heterocycles. The number of H-pyrrole nitrogens is 1. The summed E-state index contributed by atoms with van der Waals surface area (Å²) in [6, 6.07) is 8.28. The molecule has 0 amide bonds. The van der Waals surface area contributed by atoms with E-state index in [0.29, 0.717) is 0 Å². The standard InChI is InChI=1S/C11H10N2O4/c14-10-7-13(12-17-10)9(11(15)16)6-8-4-2-1-3-5-8/h1-5,7,9H,6H2,(H-,12,14,15,16)/p+1/t9-/m0/s1. The molecule has 0 aliphatic heterocycles. The summed E-state index contributed by atoms with van der Waals surface area (Å²) in [5, 5.41) is 11.4. The smallest absolute Gasteiger partial charge is 0.426 e. The van der Waals surface area contributed by atoms with Crippen molar-refractivity contribution in [2.45, 2.75) is 12.5 Å². The highest BCUT2D eigenvalue weighted by Gasteiger charge is 2.30. The molecule has 0 bridgehead atoms. The summed E-state index contributed by atoms with van der Waals surface area (Å²) in [6.07, 6.45) is 1.36. The summed E-state index contributed by atoms with van der Waals surface area (Å²) in [7, 11) is 0. The molecule has 2 rings (SSSR count). The molecule has 0 aliphatic carbocycles. The zero-order valence-electron chi connectivity index (χ0n) is 8.87. The Labute approximate surface area is 96.1 Å². The third-order valence-electron chi connectivity index (χ3n) is 2.39. The highest BCUT2D eigenvalue weighted by molar-refractivity contribution is 5.70. The maximum Gasteiger partial charge on any atom is 0.426 e. The number of benzene rings is 1. The van der Waals surface area contributed by atoms with Gasteiger partial charge in [-0.05, 0) is 10.8 Å². The predicted molar refractivity (Wildman–Crippen MR) is 56.3 cm³/mol. The normalized spacial score (nSPS) is 12.2. The van der Waals surface area contributed by atoms with Crippen molar-refractivity contribution in [1.29, 1.82) is 0 Å². The Morgan fingerprint density at radius 2 is 2.12 bits per heavy atom. The maximum atomic E-state index is 11.1. The minimum Gasteiger partial charge on any atom is -0.476 e. The molecule has 6 heteroatoms. The van der Waals surface area contributed by atoms with E-state index in [1.807, 2.05) is 30.3 Å². The molecule has 1 aromatic carbocycles. The van der Waals surface area contributed by atoms with Gasteiger partial charge in [-0.3, -0.25) is 4.52 Å². The number of aromatic amines is 1. The number of nitrogens with one attached hydrogen (secondary N) is 1. The number of rotatable bonds is 4. The van der Waals surface area contributed by atoms with Gasteiger partial charge in [0, 0.05) is 6.42 Å². The highest BCUT2D eigenvalue weighted by Crippen LogP contribution is 2.08. The Bertz CT molecular complexity index is 558. The summed E-state index contributed by atoms with van der Waals surface area (Å²) in [4.78, 5) is 22.0. The zero-order valence-corrected chi connectivity index (χ0v) is 8.87. The average Bonchev–Trinajstić information content (AvgIpc) is 2.73. The van der Waals surface area contributed by atoms with Gasteiger partial charge in [0.15, 0.2) is 0 Å². The van der Waals surface area contributed by atoms with Crippen LogP contribution in [0.15, 0.2) is 45.8 Å². The fourth-order valence-electron chi connectivity index (χ4n) is 1.56. The van der Waals surface area contributed by atoms with E-state index in [9.17, 15) is 9.59 Å². The lowest BCUT2D eigenvalue weighted by molar-refractivity contribution is -0.773. The lowest BCUT2D eigenvalue weighted by Gasteiger charge is -2.03. The van der Waals surface area contributed by atoms with E-state index >= 15 is 0 Å². The molecule has 17 heavy (non-hydrogen) atoms. The number of carbonyl (C=O) groups is 1. The van der Waals surface area contributed by atoms with E-state index in [0.717, 1.165) is 16.4 Å². The third-order valence-corrected chi connectivity index (χ3v) is 2.39. The SMILES string of the molecule is O=C(O)[C@H](Cc1ccccc1)[n+]1cc(=O)o[nH]1. The van der Waals surface area contributed by atoms with E-state index in [-0.39, 0.29) is 6.42 Å². The fraction of sp³-hybridized carbons (Fsp3) is 0.182. The third kappa shape index (κ3) is 2.60. The van der Waals surface area contributed by atoms with Crippen molar-refractivity contribution in [3.63, 3.8) is 0 Å². The number of aliphatic carboxylic acids is 1. The van der Waals surface area contributed by atoms with Crippen molar-refractivity contribution >= 4 is 5.97 Å². The van der Waals surface area contributed by atoms with E-state index in [1.165, 1.54) is 0 Å². The molecule has 0 radical (unpaired) electrons. The fourth-order valence-corrected chi connectivity index (χ4v) is 1.56. The quantitative estimate of drug-likeness (QED) is 0.737. The summed E-state index contributed by atoms with van der Waals surface area (Å²) in [5.74, 6) is -1.03. The van der Waals surface area contributed by atoms with Crippen molar-refractivity contribution in [3.8, 4) is 0 Å². The predicted octanol–water partition coefficient (Wildman–Crippen LogP) is 0.124. The Morgan fingerprint density at radius 1 is 1.41 bits per heavy atom. The number of hydrogen-bond donors (Lipinski definition) is 2. The second-order valence-corrected chi connectivity index (χ2v) is 3.59. The summed E-state index contributed by atoms with van der Waals surface area (Å²) < 4.78 is 5.60. The number of aromatic nitrogens is 2. The van der Waals surface area contributed by atoms with E-state index in [2.05, 4.69) is 9.79 Å². The van der Waals surface area contributed by atoms with Crippen LogP contribution in [0.25, 0.3) is 0 Å². The number of carboxylic acid groups (broad SMARTS) is 1. The van der Waals surface area contributed by atoms with Gasteiger partial charge in [-0.2, -0.15) is 0 Å². The van der Waals surface area contributed by atoms with Crippen molar-refractivity contribution in [1.82, 2.24) is 5.27 Å². The van der Waals surface area contributed by atoms with Gasteiger partial charge in [0.1, 0.15) is 0 Å². The molecule has 1 atom stereocenters. The van der Waals surface area contributed by atoms with Crippen LogP contribution in [-0.2, 0) is 11.2 Å². The topological polar surface area (TPSA) is 87.2 Å². The molecule has 0 unspecified atom stereocenters. The van der Waals surface area contributed by atoms with Gasteiger partial charge >= 0.3 is 11.6 Å². The lowest BCUT2D eigenvalue weighted by Crippen LogP contribution is -2.46. The van der Waals surface area contributed by atoms with Crippen LogP contribution in [0.4, 0.5) is 0 Å². The Hall–Kier alpha value is -2.37. The minimum absolute atomic E-state index is 0.274. The summed E-state index contributed by atoms with van der Waals surface area (Å²) in [5.41, 5.74) is 0.263. The zero-order chi connectivity index (χ0) is 12.3. The monoisotopic (exact) mass is 235 g/mol. The van der Waals surface area contributed by atoms with Crippen LogP contribution < -0.4 is 10.3 Å². The first kappa shape index (κ1) is 11.1. The molecule has 1 heterocycles. The average molecular weight is 235 g/mol. The van der Waals surface area contributed by atoms with Gasteiger partial charge in [-0.25, -0.2) is 9.59 Å². The van der Waals surface area contributed by atoms with Crippen LogP contribution in [0.5, 0.6) is 0 Å². The van der Waals surface area contributed by atoms with Crippen LogP contribution >= 0.6 is 0 Å². The molecular weight excluding hydrogens is 224 g/mol. The summed E-state index contributed by atoms with van der Waals surface area (Å²) in [6.45, 7) is 0. The van der Waals surface area contributed by atoms with Gasteiger partial charge in [-0.1, -0.05) is 35.0 Å². The van der Waals surface area contributed by atoms with Crippen LogP contribution in [0.2, 0.25) is 0 Å². The lowest BCUT2D eigenvalue weighted by atomic mass is 10.1. The van der Waals surface area contributed by atoms with Crippen molar-refractivity contribution < 1.29 is 19.1 Å². The van der Waals surface area contributed by atoms with Crippen LogP contribution in [-0.4, -0.2) is 16.3 Å². The molecule has 88 valence electrons. The molecule has 0 aliphatic rings. The highest BCUT2D eigenvalue weighted by atomic mass is 16.5. The number of hydrogen-bond acceptors (Lipinski definition) is 3. The van der Waals surface area contributed by atoms with Crippen LogP contribution in [0.1, 0.15) is 11.6 Å². The Morgan fingerprint density at radius 3 is 2.65 bits per heavy atom. The van der Waals surface area contributed by atoms with Gasteiger partial charge in [0.05, 0.1) is 0 Å². The second kappa shape index (κ2) is 4.65. The molecule has 2 N–H and O–H groups in total. The molecular formula is C11H11N2O4+. The Kier molecular flexibility index (Phi) is 3.04. The first-order valence-corrected chi connectivity index (χ1v) is 5.03. The largest absolute Gasteiger partial charge is 0.476 e. The van der Waals surface area contributed by atoms with Crippen molar-refractivity contribution in [2.75, 3.05) is 0 Å². The molecule has 2 aromatic rings. The van der Waals surface area contributed by atoms with E-state index < -0.39 is 17.6 Å².